The molecule has 0 aliphatic carbocycles. The van der Waals surface area contributed by atoms with E-state index in [1.54, 1.807) is 48.5 Å². The highest BCUT2D eigenvalue weighted by atomic mass is 79.9. The lowest BCUT2D eigenvalue weighted by Gasteiger charge is -2.31. The average molecular weight is 724 g/mol. The average Bonchev–Trinajstić information content (AvgIpc) is 3.02. The standard InChI is InChI=1S/C35H33Br2FN2O4/c1-2-3-4-7-23-12-14-24(15-13-23)21-39-33(41)32(31-29(36)10-6-11-30(31)37)40(34(42)35(43)44)22-25-8-5-9-27(20-25)26-16-18-28(38)19-17-26/h5-6,8-20,32H,2-4,7,21-22H2,1H3,(H,39,41)(H,43,44). The van der Waals surface area contributed by atoms with Crippen LogP contribution in [0.25, 0.3) is 11.1 Å². The molecular weight excluding hydrogens is 691 g/mol. The van der Waals surface area contributed by atoms with Crippen LogP contribution in [0.4, 0.5) is 4.39 Å². The van der Waals surface area contributed by atoms with Crippen LogP contribution >= 0.6 is 31.9 Å². The van der Waals surface area contributed by atoms with E-state index in [0.717, 1.165) is 40.9 Å². The van der Waals surface area contributed by atoms with E-state index in [1.807, 2.05) is 30.3 Å². The van der Waals surface area contributed by atoms with Gasteiger partial charge in [0.25, 0.3) is 0 Å². The predicted octanol–water partition coefficient (Wildman–Crippen LogP) is 8.22. The molecule has 1 atom stereocenters. The van der Waals surface area contributed by atoms with E-state index in [1.165, 1.54) is 24.1 Å². The molecule has 2 N–H and O–H groups in total. The van der Waals surface area contributed by atoms with E-state index < -0.39 is 23.8 Å². The predicted molar refractivity (Wildman–Crippen MR) is 176 cm³/mol. The third-order valence-corrected chi connectivity index (χ3v) is 8.68. The number of unbranched alkanes of at least 4 members (excludes halogenated alkanes) is 2. The lowest BCUT2D eigenvalue weighted by molar-refractivity contribution is -0.159. The summed E-state index contributed by atoms with van der Waals surface area (Å²) < 4.78 is 14.6. The van der Waals surface area contributed by atoms with E-state index in [0.29, 0.717) is 20.1 Å². The summed E-state index contributed by atoms with van der Waals surface area (Å²) in [7, 11) is 0. The first-order valence-electron chi connectivity index (χ1n) is 14.4. The number of carboxylic acid groups (broad SMARTS) is 1. The molecule has 0 spiro atoms. The van der Waals surface area contributed by atoms with E-state index in [4.69, 9.17) is 0 Å². The van der Waals surface area contributed by atoms with Gasteiger partial charge >= 0.3 is 11.9 Å². The number of carboxylic acids is 1. The van der Waals surface area contributed by atoms with Crippen LogP contribution in [0.3, 0.4) is 0 Å². The van der Waals surface area contributed by atoms with E-state index in [2.05, 4.69) is 44.1 Å². The second-order valence-electron chi connectivity index (χ2n) is 10.5. The van der Waals surface area contributed by atoms with Gasteiger partial charge in [0.1, 0.15) is 11.9 Å². The molecule has 4 rings (SSSR count). The molecule has 9 heteroatoms. The van der Waals surface area contributed by atoms with Crippen LogP contribution in [0, 0.1) is 5.82 Å². The Morgan fingerprint density at radius 1 is 0.818 bits per heavy atom. The van der Waals surface area contributed by atoms with Crippen LogP contribution in [0.15, 0.2) is 99.9 Å². The summed E-state index contributed by atoms with van der Waals surface area (Å²) in [6.07, 6.45) is 4.44. The van der Waals surface area contributed by atoms with Crippen molar-refractivity contribution in [2.45, 2.75) is 51.7 Å². The number of benzene rings is 4. The summed E-state index contributed by atoms with van der Waals surface area (Å²) in [5.41, 5.74) is 4.63. The van der Waals surface area contributed by atoms with Crippen LogP contribution in [-0.4, -0.2) is 27.8 Å². The first-order valence-corrected chi connectivity index (χ1v) is 15.9. The monoisotopic (exact) mass is 722 g/mol. The number of rotatable bonds is 12. The largest absolute Gasteiger partial charge is 0.474 e. The maximum Gasteiger partial charge on any atom is 0.394 e. The molecule has 0 saturated heterocycles. The quantitative estimate of drug-likeness (QED) is 0.114. The molecule has 228 valence electrons. The number of carbonyl (C=O) groups excluding carboxylic acids is 2. The Labute approximate surface area is 273 Å². The smallest absolute Gasteiger partial charge is 0.394 e. The van der Waals surface area contributed by atoms with Gasteiger partial charge in [-0.3, -0.25) is 9.59 Å². The Balaban J connectivity index is 1.66. The molecule has 0 radical (unpaired) electrons. The number of nitrogens with one attached hydrogen (secondary N) is 1. The van der Waals surface area contributed by atoms with Gasteiger partial charge in [0.2, 0.25) is 5.91 Å². The minimum atomic E-state index is -1.68. The molecule has 0 aliphatic heterocycles. The third kappa shape index (κ3) is 8.64. The number of aryl methyl sites for hydroxylation is 1. The summed E-state index contributed by atoms with van der Waals surface area (Å²) in [4.78, 5) is 40.4. The second kappa shape index (κ2) is 15.8. The molecule has 4 aromatic carbocycles. The topological polar surface area (TPSA) is 86.7 Å². The van der Waals surface area contributed by atoms with Crippen molar-refractivity contribution in [2.75, 3.05) is 0 Å². The third-order valence-electron chi connectivity index (χ3n) is 7.29. The molecule has 0 aliphatic rings. The van der Waals surface area contributed by atoms with Gasteiger partial charge in [0.15, 0.2) is 0 Å². The number of aliphatic carboxylic acids is 1. The Bertz CT molecular complexity index is 1590. The van der Waals surface area contributed by atoms with Gasteiger partial charge in [-0.05, 0) is 71.0 Å². The van der Waals surface area contributed by atoms with Crippen molar-refractivity contribution >= 4 is 49.6 Å². The molecule has 0 heterocycles. The summed E-state index contributed by atoms with van der Waals surface area (Å²) >= 11 is 7.02. The molecule has 0 fully saturated rings. The molecule has 2 amide bonds. The fourth-order valence-corrected chi connectivity index (χ4v) is 6.41. The van der Waals surface area contributed by atoms with Crippen molar-refractivity contribution in [3.05, 3.63) is 128 Å². The maximum absolute atomic E-state index is 14.0. The first-order chi connectivity index (χ1) is 21.2. The molecular formula is C35H33Br2FN2O4. The summed E-state index contributed by atoms with van der Waals surface area (Å²) in [6.45, 7) is 2.20. The van der Waals surface area contributed by atoms with Crippen LogP contribution in [0.1, 0.15) is 54.5 Å². The number of halogens is 3. The van der Waals surface area contributed by atoms with Crippen molar-refractivity contribution < 1.29 is 23.9 Å². The molecule has 0 bridgehead atoms. The van der Waals surface area contributed by atoms with Gasteiger partial charge in [-0.15, -0.1) is 0 Å². The number of nitrogens with zero attached hydrogens (tertiary/aromatic N) is 1. The molecule has 1 unspecified atom stereocenters. The lowest BCUT2D eigenvalue weighted by atomic mass is 10.0. The number of amides is 2. The highest BCUT2D eigenvalue weighted by Crippen LogP contribution is 2.36. The normalized spacial score (nSPS) is 11.5. The summed E-state index contributed by atoms with van der Waals surface area (Å²) in [6, 6.07) is 25.1. The fraction of sp³-hybridized carbons (Fsp3) is 0.229. The molecule has 0 saturated carbocycles. The van der Waals surface area contributed by atoms with Gasteiger partial charge in [-0.25, -0.2) is 9.18 Å². The minimum absolute atomic E-state index is 0.168. The van der Waals surface area contributed by atoms with Crippen LogP contribution in [-0.2, 0) is 33.9 Å². The Kier molecular flexibility index (Phi) is 11.9. The highest BCUT2D eigenvalue weighted by molar-refractivity contribution is 9.11. The highest BCUT2D eigenvalue weighted by Gasteiger charge is 2.37. The Hall–Kier alpha value is -3.82. The van der Waals surface area contributed by atoms with Crippen molar-refractivity contribution in [1.29, 1.82) is 0 Å². The number of hydrogen-bond acceptors (Lipinski definition) is 3. The summed E-state index contributed by atoms with van der Waals surface area (Å²) in [5.74, 6) is -3.80. The molecule has 6 nitrogen and oxygen atoms in total. The molecule has 4 aromatic rings. The number of carbonyl (C=O) groups is 3. The van der Waals surface area contributed by atoms with Crippen molar-refractivity contribution in [2.24, 2.45) is 0 Å². The SMILES string of the molecule is CCCCCc1ccc(CNC(=O)C(c2c(Br)cccc2Br)N(Cc2cccc(-c3ccc(F)cc3)c2)C(=O)C(=O)O)cc1. The number of hydrogen-bond donors (Lipinski definition) is 2. The Morgan fingerprint density at radius 3 is 2.09 bits per heavy atom. The zero-order valence-corrected chi connectivity index (χ0v) is 27.4. The first kappa shape index (κ1) is 33.1. The van der Waals surface area contributed by atoms with Crippen molar-refractivity contribution in [3.8, 4) is 11.1 Å². The van der Waals surface area contributed by atoms with Crippen molar-refractivity contribution in [3.63, 3.8) is 0 Å². The molecule has 0 aromatic heterocycles. The van der Waals surface area contributed by atoms with E-state index in [-0.39, 0.29) is 18.9 Å². The van der Waals surface area contributed by atoms with Gasteiger partial charge in [0, 0.05) is 27.6 Å². The van der Waals surface area contributed by atoms with E-state index >= 15 is 0 Å². The summed E-state index contributed by atoms with van der Waals surface area (Å²) in [5, 5.41) is 12.8. The van der Waals surface area contributed by atoms with Gasteiger partial charge in [-0.2, -0.15) is 0 Å². The Morgan fingerprint density at radius 2 is 1.45 bits per heavy atom. The van der Waals surface area contributed by atoms with Gasteiger partial charge < -0.3 is 15.3 Å². The lowest BCUT2D eigenvalue weighted by Crippen LogP contribution is -2.46. The zero-order valence-electron chi connectivity index (χ0n) is 24.2. The van der Waals surface area contributed by atoms with E-state index in [9.17, 15) is 23.9 Å². The fourth-order valence-electron chi connectivity index (χ4n) is 4.98. The molecule has 44 heavy (non-hydrogen) atoms. The van der Waals surface area contributed by atoms with Gasteiger partial charge in [-0.1, -0.05) is 112 Å². The second-order valence-corrected chi connectivity index (χ2v) is 12.2. The van der Waals surface area contributed by atoms with Crippen LogP contribution in [0.2, 0.25) is 0 Å². The maximum atomic E-state index is 14.0. The van der Waals surface area contributed by atoms with Gasteiger partial charge in [0.05, 0.1) is 0 Å². The minimum Gasteiger partial charge on any atom is -0.474 e. The zero-order chi connectivity index (χ0) is 31.6. The van der Waals surface area contributed by atoms with Crippen LogP contribution < -0.4 is 5.32 Å². The van der Waals surface area contributed by atoms with Crippen molar-refractivity contribution in [1.82, 2.24) is 10.2 Å². The van der Waals surface area contributed by atoms with Crippen LogP contribution in [0.5, 0.6) is 0 Å².